The van der Waals surface area contributed by atoms with Crippen LogP contribution >= 0.6 is 0 Å². The minimum absolute atomic E-state index is 0.0334. The molecule has 0 saturated carbocycles. The number of benzene rings is 2. The van der Waals surface area contributed by atoms with Gasteiger partial charge in [0.1, 0.15) is 6.10 Å². The van der Waals surface area contributed by atoms with E-state index in [1.807, 2.05) is 31.2 Å². The maximum absolute atomic E-state index is 5.85. The summed E-state index contributed by atoms with van der Waals surface area (Å²) in [6.45, 7) is 5.73. The highest BCUT2D eigenvalue weighted by Gasteiger charge is 2.13. The molecule has 0 aliphatic carbocycles. The van der Waals surface area contributed by atoms with E-state index in [9.17, 15) is 0 Å². The van der Waals surface area contributed by atoms with Crippen molar-refractivity contribution < 1.29 is 4.74 Å². The zero-order chi connectivity index (χ0) is 12.8. The summed E-state index contributed by atoms with van der Waals surface area (Å²) < 4.78 is 5.85. The summed E-state index contributed by atoms with van der Waals surface area (Å²) >= 11 is 0. The Hall–Kier alpha value is -2.02. The molecule has 0 N–H and O–H groups in total. The first-order valence-electron chi connectivity index (χ1n) is 6.17. The second-order valence-corrected chi connectivity index (χ2v) is 4.41. The lowest BCUT2D eigenvalue weighted by Crippen LogP contribution is -2.06. The smallest absolute Gasteiger partial charge is 0.127 e. The van der Waals surface area contributed by atoms with E-state index in [0.29, 0.717) is 0 Å². The van der Waals surface area contributed by atoms with Crippen molar-refractivity contribution in [3.8, 4) is 0 Å². The van der Waals surface area contributed by atoms with Gasteiger partial charge in [-0.3, -0.25) is 0 Å². The summed E-state index contributed by atoms with van der Waals surface area (Å²) in [5, 5.41) is 0. The van der Waals surface area contributed by atoms with Crippen LogP contribution in [0.15, 0.2) is 73.0 Å². The third kappa shape index (κ3) is 3.49. The van der Waals surface area contributed by atoms with Gasteiger partial charge in [-0.05, 0) is 18.1 Å². The Labute approximate surface area is 109 Å². The zero-order valence-corrected chi connectivity index (χ0v) is 10.7. The minimum Gasteiger partial charge on any atom is -0.491 e. The van der Waals surface area contributed by atoms with Crippen LogP contribution in [0.25, 0.3) is 0 Å². The third-order valence-electron chi connectivity index (χ3n) is 2.78. The molecule has 1 atom stereocenters. The molecule has 0 bridgehead atoms. The Morgan fingerprint density at radius 3 is 2.11 bits per heavy atom. The predicted molar refractivity (Wildman–Crippen MR) is 75.2 cm³/mol. The van der Waals surface area contributed by atoms with Crippen LogP contribution < -0.4 is 0 Å². The van der Waals surface area contributed by atoms with E-state index >= 15 is 0 Å². The lowest BCUT2D eigenvalue weighted by Gasteiger charge is -2.19. The first kappa shape index (κ1) is 12.4. The first-order chi connectivity index (χ1) is 8.75. The van der Waals surface area contributed by atoms with E-state index in [-0.39, 0.29) is 6.10 Å². The largest absolute Gasteiger partial charge is 0.491 e. The highest BCUT2D eigenvalue weighted by atomic mass is 16.5. The second kappa shape index (κ2) is 6.06. The standard InChI is InChI=1S/C17H18O/c1-14(2)18-17(16-11-7-4-8-12-16)13-15-9-5-3-6-10-15/h3-12,17H,1,13H2,2H3. The molecule has 1 unspecified atom stereocenters. The van der Waals surface area contributed by atoms with Crippen molar-refractivity contribution in [1.29, 1.82) is 0 Å². The summed E-state index contributed by atoms with van der Waals surface area (Å²) in [5.41, 5.74) is 2.46. The maximum atomic E-state index is 5.85. The van der Waals surface area contributed by atoms with Gasteiger partial charge in [-0.2, -0.15) is 0 Å². The van der Waals surface area contributed by atoms with E-state index in [0.717, 1.165) is 12.2 Å². The Morgan fingerprint density at radius 2 is 1.56 bits per heavy atom. The third-order valence-corrected chi connectivity index (χ3v) is 2.78. The fourth-order valence-electron chi connectivity index (χ4n) is 1.97. The molecular formula is C17H18O. The Balaban J connectivity index is 2.18. The van der Waals surface area contributed by atoms with Crippen molar-refractivity contribution in [3.63, 3.8) is 0 Å². The molecule has 0 fully saturated rings. The molecular weight excluding hydrogens is 220 g/mol. The van der Waals surface area contributed by atoms with Crippen LogP contribution in [-0.2, 0) is 11.2 Å². The quantitative estimate of drug-likeness (QED) is 0.696. The molecule has 92 valence electrons. The molecule has 0 radical (unpaired) electrons. The van der Waals surface area contributed by atoms with Gasteiger partial charge in [0.2, 0.25) is 0 Å². The number of hydrogen-bond donors (Lipinski definition) is 0. The fourth-order valence-corrected chi connectivity index (χ4v) is 1.97. The van der Waals surface area contributed by atoms with Crippen LogP contribution in [0.4, 0.5) is 0 Å². The SMILES string of the molecule is C=C(C)OC(Cc1ccccc1)c1ccccc1. The van der Waals surface area contributed by atoms with Crippen LogP contribution in [0.3, 0.4) is 0 Å². The Bertz CT molecular complexity index is 488. The molecule has 0 spiro atoms. The van der Waals surface area contributed by atoms with Gasteiger partial charge in [-0.1, -0.05) is 67.2 Å². The van der Waals surface area contributed by atoms with Gasteiger partial charge in [0, 0.05) is 6.42 Å². The van der Waals surface area contributed by atoms with E-state index in [4.69, 9.17) is 4.74 Å². The molecule has 1 heteroatoms. The molecule has 2 aromatic rings. The summed E-state index contributed by atoms with van der Waals surface area (Å²) in [7, 11) is 0. The van der Waals surface area contributed by atoms with Crippen LogP contribution in [0.5, 0.6) is 0 Å². The molecule has 2 aromatic carbocycles. The van der Waals surface area contributed by atoms with Gasteiger partial charge in [-0.15, -0.1) is 0 Å². The summed E-state index contributed by atoms with van der Waals surface area (Å²) in [6, 6.07) is 20.7. The van der Waals surface area contributed by atoms with Crippen molar-refractivity contribution in [3.05, 3.63) is 84.1 Å². The molecule has 0 aromatic heterocycles. The maximum Gasteiger partial charge on any atom is 0.127 e. The topological polar surface area (TPSA) is 9.23 Å². The highest BCUT2D eigenvalue weighted by molar-refractivity contribution is 5.23. The van der Waals surface area contributed by atoms with Crippen molar-refractivity contribution in [1.82, 2.24) is 0 Å². The number of ether oxygens (including phenoxy) is 1. The summed E-state index contributed by atoms with van der Waals surface area (Å²) in [6.07, 6.45) is 0.892. The number of hydrogen-bond acceptors (Lipinski definition) is 1. The van der Waals surface area contributed by atoms with Crippen molar-refractivity contribution in [2.24, 2.45) is 0 Å². The lowest BCUT2D eigenvalue weighted by molar-refractivity contribution is 0.119. The van der Waals surface area contributed by atoms with Gasteiger partial charge < -0.3 is 4.74 Å². The average Bonchev–Trinajstić information content (AvgIpc) is 2.40. The van der Waals surface area contributed by atoms with Gasteiger partial charge in [0.15, 0.2) is 0 Å². The molecule has 0 aliphatic rings. The number of allylic oxidation sites excluding steroid dienone is 1. The minimum atomic E-state index is 0.0334. The molecule has 0 heterocycles. The molecule has 1 nitrogen and oxygen atoms in total. The molecule has 0 amide bonds. The van der Waals surface area contributed by atoms with Crippen LogP contribution in [0, 0.1) is 0 Å². The molecule has 0 saturated heterocycles. The molecule has 18 heavy (non-hydrogen) atoms. The van der Waals surface area contributed by atoms with Crippen LogP contribution in [-0.4, -0.2) is 0 Å². The average molecular weight is 238 g/mol. The van der Waals surface area contributed by atoms with Crippen molar-refractivity contribution >= 4 is 0 Å². The van der Waals surface area contributed by atoms with Crippen molar-refractivity contribution in [2.45, 2.75) is 19.4 Å². The van der Waals surface area contributed by atoms with Crippen LogP contribution in [0.1, 0.15) is 24.2 Å². The monoisotopic (exact) mass is 238 g/mol. The van der Waals surface area contributed by atoms with E-state index in [1.165, 1.54) is 11.1 Å². The molecule has 0 aliphatic heterocycles. The predicted octanol–water partition coefficient (Wildman–Crippen LogP) is 4.52. The van der Waals surface area contributed by atoms with Gasteiger partial charge in [0.25, 0.3) is 0 Å². The van der Waals surface area contributed by atoms with E-state index < -0.39 is 0 Å². The highest BCUT2D eigenvalue weighted by Crippen LogP contribution is 2.24. The van der Waals surface area contributed by atoms with Gasteiger partial charge >= 0.3 is 0 Å². The van der Waals surface area contributed by atoms with Crippen LogP contribution in [0.2, 0.25) is 0 Å². The van der Waals surface area contributed by atoms with Crippen molar-refractivity contribution in [2.75, 3.05) is 0 Å². The Morgan fingerprint density at radius 1 is 1.00 bits per heavy atom. The fraction of sp³-hybridized carbons (Fsp3) is 0.176. The normalized spacial score (nSPS) is 11.8. The van der Waals surface area contributed by atoms with E-state index in [2.05, 4.69) is 43.0 Å². The number of rotatable bonds is 5. The first-order valence-corrected chi connectivity index (χ1v) is 6.17. The second-order valence-electron chi connectivity index (χ2n) is 4.41. The van der Waals surface area contributed by atoms with Gasteiger partial charge in [0.05, 0.1) is 5.76 Å². The summed E-state index contributed by atoms with van der Waals surface area (Å²) in [4.78, 5) is 0. The zero-order valence-electron chi connectivity index (χ0n) is 10.7. The molecule has 2 rings (SSSR count). The lowest BCUT2D eigenvalue weighted by atomic mass is 10.0. The van der Waals surface area contributed by atoms with Gasteiger partial charge in [-0.25, -0.2) is 0 Å². The Kier molecular flexibility index (Phi) is 4.19. The summed E-state index contributed by atoms with van der Waals surface area (Å²) in [5.74, 6) is 0.750. The van der Waals surface area contributed by atoms with E-state index in [1.54, 1.807) is 0 Å².